The maximum Gasteiger partial charge on any atom is 0.323 e. The molecule has 3 N–H and O–H groups in total. The van der Waals surface area contributed by atoms with Crippen molar-refractivity contribution in [3.63, 3.8) is 0 Å². The summed E-state index contributed by atoms with van der Waals surface area (Å²) in [5.41, 5.74) is 1.15. The zero-order valence-corrected chi connectivity index (χ0v) is 29.6. The number of methoxy groups -OCH3 is 1. The summed E-state index contributed by atoms with van der Waals surface area (Å²) in [5.74, 6) is 0.285. The fraction of sp³-hybridized carbons (Fsp3) is 0.444. The number of likely N-dealkylation sites (N-methyl/N-ethyl adjacent to an activating group) is 1. The van der Waals surface area contributed by atoms with Gasteiger partial charge in [0, 0.05) is 44.0 Å². The van der Waals surface area contributed by atoms with Crippen molar-refractivity contribution < 1.29 is 37.3 Å². The summed E-state index contributed by atoms with van der Waals surface area (Å²) >= 11 is 0. The molecule has 0 saturated heterocycles. The quantitative estimate of drug-likeness (QED) is 0.268. The fourth-order valence-corrected chi connectivity index (χ4v) is 6.76. The summed E-state index contributed by atoms with van der Waals surface area (Å²) in [6.07, 6.45) is 1.45. The topological polar surface area (TPSA) is 147 Å². The smallest absolute Gasteiger partial charge is 0.323 e. The molecule has 4 atom stereocenters. The molecule has 266 valence electrons. The Kier molecular flexibility index (Phi) is 13.4. The number of fused-ring (bicyclic) bond motifs is 1. The number of aliphatic hydroxyl groups is 1. The van der Waals surface area contributed by atoms with E-state index in [0.717, 1.165) is 12.8 Å². The van der Waals surface area contributed by atoms with E-state index in [9.17, 15) is 23.1 Å². The van der Waals surface area contributed by atoms with Gasteiger partial charge in [-0.1, -0.05) is 25.1 Å². The monoisotopic (exact) mass is 696 g/mol. The largest absolute Gasteiger partial charge is 0.497 e. The molecule has 0 bridgehead atoms. The number of anilines is 2. The Bertz CT molecular complexity index is 1640. The normalized spacial score (nSPS) is 20.0. The minimum atomic E-state index is -3.78. The van der Waals surface area contributed by atoms with Gasteiger partial charge in [-0.3, -0.25) is 4.79 Å². The number of aliphatic hydroxyl groups excluding tert-OH is 1. The Hall–Kier alpha value is -4.17. The number of carbonyl (C=O) groups excluding carboxylic acids is 2. The van der Waals surface area contributed by atoms with Crippen LogP contribution in [0.5, 0.6) is 11.5 Å². The summed E-state index contributed by atoms with van der Waals surface area (Å²) in [4.78, 5) is 29.0. The van der Waals surface area contributed by atoms with Gasteiger partial charge in [-0.2, -0.15) is 4.31 Å². The van der Waals surface area contributed by atoms with Crippen molar-refractivity contribution in [1.29, 1.82) is 0 Å². The molecule has 3 aromatic rings. The van der Waals surface area contributed by atoms with Crippen molar-refractivity contribution in [2.24, 2.45) is 5.92 Å². The number of rotatable bonds is 9. The van der Waals surface area contributed by atoms with Crippen LogP contribution < -0.4 is 20.1 Å². The van der Waals surface area contributed by atoms with E-state index in [4.69, 9.17) is 14.2 Å². The van der Waals surface area contributed by atoms with Gasteiger partial charge in [-0.25, -0.2) is 13.2 Å². The van der Waals surface area contributed by atoms with E-state index in [1.54, 1.807) is 91.7 Å². The lowest BCUT2D eigenvalue weighted by Gasteiger charge is -2.35. The first-order valence-electron chi connectivity index (χ1n) is 16.5. The molecule has 0 unspecified atom stereocenters. The number of sulfonamides is 1. The highest BCUT2D eigenvalue weighted by molar-refractivity contribution is 7.89. The first kappa shape index (κ1) is 37.6. The van der Waals surface area contributed by atoms with Crippen LogP contribution in [0, 0.1) is 5.92 Å². The van der Waals surface area contributed by atoms with Gasteiger partial charge < -0.3 is 34.9 Å². The Morgan fingerprint density at radius 2 is 1.71 bits per heavy atom. The van der Waals surface area contributed by atoms with Crippen LogP contribution in [0.4, 0.5) is 16.2 Å². The zero-order valence-electron chi connectivity index (χ0n) is 28.8. The van der Waals surface area contributed by atoms with Gasteiger partial charge in [-0.05, 0) is 87.7 Å². The van der Waals surface area contributed by atoms with E-state index < -0.39 is 34.1 Å². The molecule has 0 radical (unpaired) electrons. The van der Waals surface area contributed by atoms with Crippen LogP contribution in [-0.2, 0) is 14.8 Å². The molecule has 0 aliphatic carbocycles. The minimum Gasteiger partial charge on any atom is -0.497 e. The predicted molar refractivity (Wildman–Crippen MR) is 189 cm³/mol. The standard InChI is InChI=1S/C36H48N4O8S/c1-25-22-40(26(2)24-41)35(42)32-21-29(38-36(43)37-28-14-17-30(46-5)18-15-28)16-19-33(32)48-27(3)11-9-10-20-47-34(25)23-39(4)49(44,45)31-12-7-6-8-13-31/h6-8,12-19,21,25-27,34,41H,9-11,20,22-24H2,1-5H3,(H2,37,38,43)/t25-,26+,27+,34-/m1/s1. The van der Waals surface area contributed by atoms with Gasteiger partial charge in [0.15, 0.2) is 0 Å². The zero-order chi connectivity index (χ0) is 35.6. The number of hydrogen-bond acceptors (Lipinski definition) is 8. The Morgan fingerprint density at radius 3 is 2.39 bits per heavy atom. The highest BCUT2D eigenvalue weighted by Crippen LogP contribution is 2.29. The molecule has 13 heteroatoms. The second kappa shape index (κ2) is 17.5. The van der Waals surface area contributed by atoms with Crippen LogP contribution in [-0.4, -0.2) is 93.4 Å². The molecular formula is C36H48N4O8S. The summed E-state index contributed by atoms with van der Waals surface area (Å²) in [6, 6.07) is 18.9. The fourth-order valence-electron chi connectivity index (χ4n) is 5.55. The summed E-state index contributed by atoms with van der Waals surface area (Å²) in [6.45, 7) is 5.91. The lowest BCUT2D eigenvalue weighted by molar-refractivity contribution is -0.00833. The number of benzene rings is 3. The third kappa shape index (κ3) is 10.2. The first-order valence-corrected chi connectivity index (χ1v) is 17.9. The number of nitrogens with zero attached hydrogens (tertiary/aromatic N) is 2. The Balaban J connectivity index is 1.61. The van der Waals surface area contributed by atoms with Crippen molar-refractivity contribution in [3.05, 3.63) is 78.4 Å². The van der Waals surface area contributed by atoms with Crippen LogP contribution in [0.3, 0.4) is 0 Å². The number of carbonyl (C=O) groups is 2. The SMILES string of the molecule is COc1ccc(NC(=O)Nc2ccc3c(c2)C(=O)N([C@@H](C)CO)C[C@@H](C)[C@@H](CN(C)S(=O)(=O)c2ccccc2)OCCCC[C@H](C)O3)cc1. The van der Waals surface area contributed by atoms with Crippen LogP contribution in [0.25, 0.3) is 0 Å². The second-order valence-electron chi connectivity index (χ2n) is 12.4. The van der Waals surface area contributed by atoms with Crippen molar-refractivity contribution in [2.45, 2.75) is 63.2 Å². The van der Waals surface area contributed by atoms with Crippen molar-refractivity contribution in [2.75, 3.05) is 51.1 Å². The Morgan fingerprint density at radius 1 is 1.04 bits per heavy atom. The highest BCUT2D eigenvalue weighted by Gasteiger charge is 2.32. The third-order valence-corrected chi connectivity index (χ3v) is 10.4. The van der Waals surface area contributed by atoms with Crippen LogP contribution in [0.15, 0.2) is 77.7 Å². The van der Waals surface area contributed by atoms with Crippen molar-refractivity contribution >= 4 is 33.3 Å². The number of urea groups is 1. The molecule has 0 spiro atoms. The van der Waals surface area contributed by atoms with Gasteiger partial charge in [0.2, 0.25) is 10.0 Å². The lowest BCUT2D eigenvalue weighted by Crippen LogP contribution is -2.48. The summed E-state index contributed by atoms with van der Waals surface area (Å²) < 4.78 is 45.8. The molecule has 4 rings (SSSR count). The van der Waals surface area contributed by atoms with Crippen molar-refractivity contribution in [1.82, 2.24) is 9.21 Å². The van der Waals surface area contributed by atoms with Gasteiger partial charge in [0.25, 0.3) is 5.91 Å². The van der Waals surface area contributed by atoms with E-state index in [1.165, 1.54) is 11.4 Å². The van der Waals surface area contributed by atoms with Gasteiger partial charge in [-0.15, -0.1) is 0 Å². The Labute approximate surface area is 289 Å². The molecule has 3 aromatic carbocycles. The first-order chi connectivity index (χ1) is 23.4. The number of nitrogens with one attached hydrogen (secondary N) is 2. The van der Waals surface area contributed by atoms with Crippen LogP contribution >= 0.6 is 0 Å². The highest BCUT2D eigenvalue weighted by atomic mass is 32.2. The number of hydrogen-bond donors (Lipinski definition) is 3. The van der Waals surface area contributed by atoms with Gasteiger partial charge in [0.05, 0.1) is 42.4 Å². The summed E-state index contributed by atoms with van der Waals surface area (Å²) in [5, 5.41) is 15.8. The number of ether oxygens (including phenoxy) is 3. The molecule has 49 heavy (non-hydrogen) atoms. The van der Waals surface area contributed by atoms with E-state index in [2.05, 4.69) is 10.6 Å². The molecule has 12 nitrogen and oxygen atoms in total. The molecule has 1 heterocycles. The van der Waals surface area contributed by atoms with Crippen molar-refractivity contribution in [3.8, 4) is 11.5 Å². The van der Waals surface area contributed by atoms with Gasteiger partial charge >= 0.3 is 6.03 Å². The maximum absolute atomic E-state index is 14.4. The number of amides is 3. The van der Waals surface area contributed by atoms with E-state index in [1.807, 2.05) is 13.8 Å². The molecule has 1 aliphatic rings. The van der Waals surface area contributed by atoms with E-state index in [-0.39, 0.29) is 42.2 Å². The summed E-state index contributed by atoms with van der Waals surface area (Å²) in [7, 11) is -0.697. The molecule has 0 fully saturated rings. The molecule has 3 amide bonds. The molecule has 0 aromatic heterocycles. The van der Waals surface area contributed by atoms with E-state index >= 15 is 0 Å². The minimum absolute atomic E-state index is 0.0708. The molecule has 1 aliphatic heterocycles. The maximum atomic E-state index is 14.4. The molecular weight excluding hydrogens is 648 g/mol. The lowest BCUT2D eigenvalue weighted by atomic mass is 10.0. The second-order valence-corrected chi connectivity index (χ2v) is 14.5. The van der Waals surface area contributed by atoms with E-state index in [0.29, 0.717) is 35.9 Å². The average molecular weight is 697 g/mol. The third-order valence-electron chi connectivity index (χ3n) is 8.55. The van der Waals surface area contributed by atoms with Crippen LogP contribution in [0.2, 0.25) is 0 Å². The van der Waals surface area contributed by atoms with Gasteiger partial charge in [0.1, 0.15) is 11.5 Å². The predicted octanol–water partition coefficient (Wildman–Crippen LogP) is 5.46. The van der Waals surface area contributed by atoms with Crippen LogP contribution in [0.1, 0.15) is 50.4 Å². The molecule has 0 saturated carbocycles. The average Bonchev–Trinajstić information content (AvgIpc) is 3.10.